The van der Waals surface area contributed by atoms with Crippen LogP contribution >= 0.6 is 23.5 Å². The van der Waals surface area contributed by atoms with E-state index in [1.54, 1.807) is 0 Å². The van der Waals surface area contributed by atoms with Crippen molar-refractivity contribution in [2.75, 3.05) is 5.75 Å². The van der Waals surface area contributed by atoms with Gasteiger partial charge in [-0.3, -0.25) is 0 Å². The van der Waals surface area contributed by atoms with Crippen molar-refractivity contribution >= 4 is 23.5 Å². The summed E-state index contributed by atoms with van der Waals surface area (Å²) in [6.45, 7) is 9.43. The molecular weight excluding hydrogens is 184 g/mol. The van der Waals surface area contributed by atoms with Gasteiger partial charge in [0.25, 0.3) is 0 Å². The first-order valence-electron chi connectivity index (χ1n) is 4.83. The molecule has 0 spiro atoms. The van der Waals surface area contributed by atoms with Crippen molar-refractivity contribution in [3.05, 3.63) is 0 Å². The molecule has 0 aromatic carbocycles. The van der Waals surface area contributed by atoms with Crippen molar-refractivity contribution in [1.82, 2.24) is 0 Å². The molecule has 1 heterocycles. The molecular formula is C10H20S2. The molecule has 0 aromatic rings. The van der Waals surface area contributed by atoms with E-state index in [-0.39, 0.29) is 0 Å². The van der Waals surface area contributed by atoms with Crippen LogP contribution in [0.2, 0.25) is 0 Å². The Bertz CT molecular complexity index is 141. The van der Waals surface area contributed by atoms with E-state index in [0.29, 0.717) is 4.08 Å². The third-order valence-corrected chi connectivity index (χ3v) is 5.32. The predicted molar refractivity (Wildman–Crippen MR) is 62.0 cm³/mol. The van der Waals surface area contributed by atoms with Crippen LogP contribution in [0, 0.1) is 5.92 Å². The highest BCUT2D eigenvalue weighted by molar-refractivity contribution is 8.19. The van der Waals surface area contributed by atoms with Crippen molar-refractivity contribution in [3.8, 4) is 0 Å². The highest BCUT2D eigenvalue weighted by Gasteiger charge is 2.32. The molecule has 1 aliphatic heterocycles. The molecule has 12 heavy (non-hydrogen) atoms. The zero-order valence-corrected chi connectivity index (χ0v) is 10.2. The monoisotopic (exact) mass is 204 g/mol. The topological polar surface area (TPSA) is 0 Å². The summed E-state index contributed by atoms with van der Waals surface area (Å²) in [5, 5.41) is 0.870. The summed E-state index contributed by atoms with van der Waals surface area (Å²) in [7, 11) is 0. The molecule has 1 aliphatic rings. The summed E-state index contributed by atoms with van der Waals surface area (Å²) in [6, 6.07) is 0. The maximum Gasteiger partial charge on any atom is 0.0588 e. The zero-order chi connectivity index (χ0) is 9.19. The van der Waals surface area contributed by atoms with E-state index in [9.17, 15) is 0 Å². The van der Waals surface area contributed by atoms with Gasteiger partial charge >= 0.3 is 0 Å². The molecule has 72 valence electrons. The highest BCUT2D eigenvalue weighted by Crippen LogP contribution is 2.48. The van der Waals surface area contributed by atoms with Crippen LogP contribution in [0.4, 0.5) is 0 Å². The lowest BCUT2D eigenvalue weighted by atomic mass is 10.1. The summed E-state index contributed by atoms with van der Waals surface area (Å²) in [6.07, 6.45) is 2.75. The summed E-state index contributed by atoms with van der Waals surface area (Å²) < 4.78 is 0.506. The molecule has 1 saturated heterocycles. The Morgan fingerprint density at radius 3 is 2.67 bits per heavy atom. The number of rotatable bonds is 2. The minimum Gasteiger partial charge on any atom is -0.144 e. The van der Waals surface area contributed by atoms with Crippen LogP contribution in [0.25, 0.3) is 0 Å². The van der Waals surface area contributed by atoms with Gasteiger partial charge < -0.3 is 0 Å². The molecule has 1 fully saturated rings. The average molecular weight is 204 g/mol. The van der Waals surface area contributed by atoms with Gasteiger partial charge in [0.2, 0.25) is 0 Å². The smallest absolute Gasteiger partial charge is 0.0588 e. The Morgan fingerprint density at radius 2 is 2.17 bits per heavy atom. The molecule has 0 bridgehead atoms. The Morgan fingerprint density at radius 1 is 1.50 bits per heavy atom. The second kappa shape index (κ2) is 4.28. The Kier molecular flexibility index (Phi) is 3.84. The van der Waals surface area contributed by atoms with Crippen molar-refractivity contribution in [1.29, 1.82) is 0 Å². The summed E-state index contributed by atoms with van der Waals surface area (Å²) >= 11 is 4.34. The van der Waals surface area contributed by atoms with Crippen molar-refractivity contribution in [3.63, 3.8) is 0 Å². The first-order valence-corrected chi connectivity index (χ1v) is 6.70. The van der Waals surface area contributed by atoms with Gasteiger partial charge in [-0.05, 0) is 31.4 Å². The Hall–Kier alpha value is 0.700. The first-order chi connectivity index (χ1) is 5.52. The molecule has 0 aliphatic carbocycles. The van der Waals surface area contributed by atoms with Crippen molar-refractivity contribution in [2.24, 2.45) is 5.92 Å². The standard InChI is InChI=1S/C10H20S2/c1-8(2)7-10(4)11-6-5-9(3)12-10/h8-9H,5-7H2,1-4H3/t9-,10+/m0/s1. The van der Waals surface area contributed by atoms with Crippen LogP contribution in [0.3, 0.4) is 0 Å². The van der Waals surface area contributed by atoms with Crippen LogP contribution in [0.1, 0.15) is 40.5 Å². The number of hydrogen-bond donors (Lipinski definition) is 0. The predicted octanol–water partition coefficient (Wildman–Crippen LogP) is 4.01. The van der Waals surface area contributed by atoms with Crippen molar-refractivity contribution in [2.45, 2.75) is 49.9 Å². The van der Waals surface area contributed by atoms with Gasteiger partial charge in [-0.2, -0.15) is 0 Å². The van der Waals surface area contributed by atoms with Gasteiger partial charge in [0.1, 0.15) is 0 Å². The largest absolute Gasteiger partial charge is 0.144 e. The molecule has 0 N–H and O–H groups in total. The van der Waals surface area contributed by atoms with E-state index in [1.807, 2.05) is 0 Å². The van der Waals surface area contributed by atoms with E-state index in [4.69, 9.17) is 0 Å². The lowest BCUT2D eigenvalue weighted by Gasteiger charge is -2.37. The molecule has 0 saturated carbocycles. The molecule has 0 aromatic heterocycles. The molecule has 0 nitrogen and oxygen atoms in total. The van der Waals surface area contributed by atoms with Gasteiger partial charge in [0.15, 0.2) is 0 Å². The fourth-order valence-electron chi connectivity index (χ4n) is 1.81. The van der Waals surface area contributed by atoms with Crippen LogP contribution in [0.15, 0.2) is 0 Å². The van der Waals surface area contributed by atoms with E-state index in [2.05, 4.69) is 51.2 Å². The fraction of sp³-hybridized carbons (Fsp3) is 1.00. The maximum atomic E-state index is 2.41. The summed E-state index contributed by atoms with van der Waals surface area (Å²) in [5.41, 5.74) is 0. The van der Waals surface area contributed by atoms with Crippen LogP contribution in [0.5, 0.6) is 0 Å². The average Bonchev–Trinajstić information content (AvgIpc) is 1.82. The molecule has 2 atom stereocenters. The van der Waals surface area contributed by atoms with Crippen LogP contribution < -0.4 is 0 Å². The molecule has 0 unspecified atom stereocenters. The normalized spacial score (nSPS) is 37.2. The highest BCUT2D eigenvalue weighted by atomic mass is 32.2. The minimum absolute atomic E-state index is 0.506. The lowest BCUT2D eigenvalue weighted by molar-refractivity contribution is 0.561. The third kappa shape index (κ3) is 3.21. The van der Waals surface area contributed by atoms with Gasteiger partial charge in [-0.1, -0.05) is 20.8 Å². The van der Waals surface area contributed by atoms with E-state index in [0.717, 1.165) is 11.2 Å². The van der Waals surface area contributed by atoms with E-state index >= 15 is 0 Å². The van der Waals surface area contributed by atoms with Crippen molar-refractivity contribution < 1.29 is 0 Å². The van der Waals surface area contributed by atoms with Gasteiger partial charge in [0, 0.05) is 5.25 Å². The minimum atomic E-state index is 0.506. The van der Waals surface area contributed by atoms with Gasteiger partial charge in [-0.25, -0.2) is 0 Å². The molecule has 0 radical (unpaired) electrons. The first kappa shape index (κ1) is 10.8. The van der Waals surface area contributed by atoms with Crippen LogP contribution in [-0.2, 0) is 0 Å². The maximum absolute atomic E-state index is 2.41. The molecule has 0 amide bonds. The Labute approximate surface area is 85.3 Å². The third-order valence-electron chi connectivity index (χ3n) is 2.16. The van der Waals surface area contributed by atoms with Gasteiger partial charge in [-0.15, -0.1) is 23.5 Å². The SMILES string of the molecule is CC(C)C[C@]1(C)SCC[C@H](C)S1. The van der Waals surface area contributed by atoms with E-state index in [1.165, 1.54) is 18.6 Å². The van der Waals surface area contributed by atoms with Crippen LogP contribution in [-0.4, -0.2) is 15.1 Å². The summed E-state index contributed by atoms with van der Waals surface area (Å²) in [4.78, 5) is 0. The fourth-order valence-corrected chi connectivity index (χ4v) is 5.84. The number of thioether (sulfide) groups is 2. The number of hydrogen-bond acceptors (Lipinski definition) is 2. The van der Waals surface area contributed by atoms with Gasteiger partial charge in [0.05, 0.1) is 4.08 Å². The van der Waals surface area contributed by atoms with E-state index < -0.39 is 0 Å². The Balaban J connectivity index is 2.45. The molecule has 2 heteroatoms. The summed E-state index contributed by atoms with van der Waals surface area (Å²) in [5.74, 6) is 2.19. The quantitative estimate of drug-likeness (QED) is 0.666. The second-order valence-electron chi connectivity index (χ2n) is 4.30. The lowest BCUT2D eigenvalue weighted by Crippen LogP contribution is -2.26. The zero-order valence-electron chi connectivity index (χ0n) is 8.59. The second-order valence-corrected chi connectivity index (χ2v) is 8.10. The molecule has 1 rings (SSSR count).